The van der Waals surface area contributed by atoms with Crippen LogP contribution in [0.25, 0.3) is 0 Å². The first-order valence-electron chi connectivity index (χ1n) is 5.48. The fourth-order valence-corrected chi connectivity index (χ4v) is 1.47. The van der Waals surface area contributed by atoms with E-state index < -0.39 is 0 Å². The molecule has 0 radical (unpaired) electrons. The highest BCUT2D eigenvalue weighted by atomic mass is 16.2. The van der Waals surface area contributed by atoms with Gasteiger partial charge in [0.15, 0.2) is 0 Å². The summed E-state index contributed by atoms with van der Waals surface area (Å²) in [4.78, 5) is 13.6. The van der Waals surface area contributed by atoms with Gasteiger partial charge in [0.1, 0.15) is 0 Å². The Hall–Kier alpha value is -0.610. The van der Waals surface area contributed by atoms with E-state index in [0.717, 1.165) is 32.4 Å². The minimum Gasteiger partial charge on any atom is -0.352 e. The predicted octanol–water partition coefficient (Wildman–Crippen LogP) is -0.0643. The molecule has 1 aliphatic rings. The number of rotatable bonds is 7. The van der Waals surface area contributed by atoms with Crippen LogP contribution in [0, 0.1) is 0 Å². The van der Waals surface area contributed by atoms with Crippen molar-refractivity contribution in [1.29, 1.82) is 0 Å². The van der Waals surface area contributed by atoms with E-state index in [0.29, 0.717) is 19.1 Å². The Morgan fingerprint density at radius 1 is 1.50 bits per heavy atom. The van der Waals surface area contributed by atoms with Crippen LogP contribution < -0.4 is 11.1 Å². The number of nitrogens with two attached hydrogens (primary N) is 1. The van der Waals surface area contributed by atoms with Crippen molar-refractivity contribution in [2.75, 3.05) is 26.2 Å². The number of carbonyl (C=O) groups is 1. The standard InChI is InChI=1S/C10H21N3O/c1-2-6-13(7-5-11)8-10(14)12-9-3-4-9/h9H,2-8,11H2,1H3,(H,12,14). The molecule has 1 amide bonds. The summed E-state index contributed by atoms with van der Waals surface area (Å²) in [7, 11) is 0. The summed E-state index contributed by atoms with van der Waals surface area (Å²) >= 11 is 0. The molecule has 4 heteroatoms. The van der Waals surface area contributed by atoms with Crippen LogP contribution >= 0.6 is 0 Å². The maximum atomic E-state index is 11.5. The third-order valence-electron chi connectivity index (χ3n) is 2.29. The highest BCUT2D eigenvalue weighted by Gasteiger charge is 2.23. The summed E-state index contributed by atoms with van der Waals surface area (Å²) in [6, 6.07) is 0.462. The molecule has 0 heterocycles. The van der Waals surface area contributed by atoms with Crippen molar-refractivity contribution in [2.24, 2.45) is 5.73 Å². The molecule has 0 aromatic carbocycles. The first-order chi connectivity index (χ1) is 6.76. The molecule has 1 saturated carbocycles. The summed E-state index contributed by atoms with van der Waals surface area (Å²) < 4.78 is 0. The van der Waals surface area contributed by atoms with E-state index in [9.17, 15) is 4.79 Å². The second-order valence-corrected chi connectivity index (χ2v) is 3.91. The highest BCUT2D eigenvalue weighted by molar-refractivity contribution is 5.78. The van der Waals surface area contributed by atoms with Crippen molar-refractivity contribution in [2.45, 2.75) is 32.2 Å². The average molecular weight is 199 g/mol. The van der Waals surface area contributed by atoms with E-state index in [4.69, 9.17) is 5.73 Å². The van der Waals surface area contributed by atoms with Crippen LogP contribution in [0.5, 0.6) is 0 Å². The van der Waals surface area contributed by atoms with Crippen molar-refractivity contribution >= 4 is 5.91 Å². The maximum absolute atomic E-state index is 11.5. The van der Waals surface area contributed by atoms with Crippen molar-refractivity contribution in [3.63, 3.8) is 0 Å². The summed E-state index contributed by atoms with van der Waals surface area (Å²) in [5, 5.41) is 2.98. The van der Waals surface area contributed by atoms with Gasteiger partial charge in [0.05, 0.1) is 6.54 Å². The van der Waals surface area contributed by atoms with Gasteiger partial charge in [-0.05, 0) is 25.8 Å². The lowest BCUT2D eigenvalue weighted by Gasteiger charge is -2.19. The van der Waals surface area contributed by atoms with Crippen LogP contribution in [0.3, 0.4) is 0 Å². The van der Waals surface area contributed by atoms with Gasteiger partial charge in [-0.15, -0.1) is 0 Å². The van der Waals surface area contributed by atoms with Crippen molar-refractivity contribution in [3.05, 3.63) is 0 Å². The van der Waals surface area contributed by atoms with Crippen molar-refractivity contribution in [3.8, 4) is 0 Å². The minimum absolute atomic E-state index is 0.148. The molecule has 0 aromatic rings. The molecular weight excluding hydrogens is 178 g/mol. The van der Waals surface area contributed by atoms with Gasteiger partial charge in [-0.25, -0.2) is 0 Å². The topological polar surface area (TPSA) is 58.4 Å². The maximum Gasteiger partial charge on any atom is 0.234 e. The Morgan fingerprint density at radius 2 is 2.21 bits per heavy atom. The molecule has 0 unspecified atom stereocenters. The summed E-state index contributed by atoms with van der Waals surface area (Å²) in [6.45, 7) is 5.00. The van der Waals surface area contributed by atoms with Crippen molar-refractivity contribution in [1.82, 2.24) is 10.2 Å². The first-order valence-corrected chi connectivity index (χ1v) is 5.48. The van der Waals surface area contributed by atoms with Crippen LogP contribution in [-0.2, 0) is 4.79 Å². The van der Waals surface area contributed by atoms with Crippen LogP contribution in [0.4, 0.5) is 0 Å². The molecule has 0 atom stereocenters. The van der Waals surface area contributed by atoms with Gasteiger partial charge in [0.25, 0.3) is 0 Å². The first kappa shape index (κ1) is 11.5. The molecule has 4 nitrogen and oxygen atoms in total. The van der Waals surface area contributed by atoms with E-state index in [1.165, 1.54) is 0 Å². The van der Waals surface area contributed by atoms with E-state index in [-0.39, 0.29) is 5.91 Å². The van der Waals surface area contributed by atoms with Crippen LogP contribution in [0.15, 0.2) is 0 Å². The largest absolute Gasteiger partial charge is 0.352 e. The fourth-order valence-electron chi connectivity index (χ4n) is 1.47. The monoisotopic (exact) mass is 199 g/mol. The lowest BCUT2D eigenvalue weighted by atomic mass is 10.3. The minimum atomic E-state index is 0.148. The summed E-state index contributed by atoms with van der Waals surface area (Å²) in [5.41, 5.74) is 5.48. The molecule has 0 aliphatic heterocycles. The molecule has 1 aliphatic carbocycles. The second-order valence-electron chi connectivity index (χ2n) is 3.91. The van der Waals surface area contributed by atoms with Gasteiger partial charge in [0, 0.05) is 19.1 Å². The Bertz CT molecular complexity index is 174. The normalized spacial score (nSPS) is 15.9. The van der Waals surface area contributed by atoms with Crippen molar-refractivity contribution < 1.29 is 4.79 Å². The Kier molecular flexibility index (Phi) is 4.90. The van der Waals surface area contributed by atoms with E-state index >= 15 is 0 Å². The Morgan fingerprint density at radius 3 is 2.71 bits per heavy atom. The lowest BCUT2D eigenvalue weighted by molar-refractivity contribution is -0.122. The molecule has 1 rings (SSSR count). The van der Waals surface area contributed by atoms with Crippen LogP contribution in [0.2, 0.25) is 0 Å². The zero-order valence-corrected chi connectivity index (χ0v) is 8.96. The Labute approximate surface area is 85.8 Å². The molecular formula is C10H21N3O. The molecule has 0 spiro atoms. The quantitative estimate of drug-likeness (QED) is 0.604. The Balaban J connectivity index is 2.17. The molecule has 0 aromatic heterocycles. The number of hydrogen-bond acceptors (Lipinski definition) is 3. The van der Waals surface area contributed by atoms with Gasteiger partial charge in [-0.1, -0.05) is 6.92 Å². The second kappa shape index (κ2) is 5.98. The SMILES string of the molecule is CCCN(CCN)CC(=O)NC1CC1. The number of carbonyl (C=O) groups excluding carboxylic acids is 1. The van der Waals surface area contributed by atoms with E-state index in [1.54, 1.807) is 0 Å². The number of amides is 1. The molecule has 3 N–H and O–H groups in total. The molecule has 1 fully saturated rings. The highest BCUT2D eigenvalue weighted by Crippen LogP contribution is 2.18. The zero-order chi connectivity index (χ0) is 10.4. The number of nitrogens with zero attached hydrogens (tertiary/aromatic N) is 1. The number of hydrogen-bond donors (Lipinski definition) is 2. The summed E-state index contributed by atoms with van der Waals surface area (Å²) in [5.74, 6) is 0.148. The number of nitrogens with one attached hydrogen (secondary N) is 1. The zero-order valence-electron chi connectivity index (χ0n) is 8.96. The smallest absolute Gasteiger partial charge is 0.234 e. The average Bonchev–Trinajstić information content (AvgIpc) is 2.89. The van der Waals surface area contributed by atoms with E-state index in [1.807, 2.05) is 0 Å². The van der Waals surface area contributed by atoms with Gasteiger partial charge in [-0.3, -0.25) is 9.69 Å². The molecule has 14 heavy (non-hydrogen) atoms. The van der Waals surface area contributed by atoms with Gasteiger partial charge in [0.2, 0.25) is 5.91 Å². The van der Waals surface area contributed by atoms with Crippen LogP contribution in [0.1, 0.15) is 26.2 Å². The predicted molar refractivity (Wildman–Crippen MR) is 57.0 cm³/mol. The lowest BCUT2D eigenvalue weighted by Crippen LogP contribution is -2.40. The van der Waals surface area contributed by atoms with Crippen LogP contribution in [-0.4, -0.2) is 43.0 Å². The van der Waals surface area contributed by atoms with Gasteiger partial charge >= 0.3 is 0 Å². The third-order valence-corrected chi connectivity index (χ3v) is 2.29. The molecule has 0 bridgehead atoms. The fraction of sp³-hybridized carbons (Fsp3) is 0.900. The van der Waals surface area contributed by atoms with Gasteiger partial charge in [-0.2, -0.15) is 0 Å². The third kappa shape index (κ3) is 4.58. The summed E-state index contributed by atoms with van der Waals surface area (Å²) in [6.07, 6.45) is 3.36. The molecule has 0 saturated heterocycles. The van der Waals surface area contributed by atoms with Gasteiger partial charge < -0.3 is 11.1 Å². The molecule has 82 valence electrons. The van der Waals surface area contributed by atoms with E-state index in [2.05, 4.69) is 17.1 Å².